The highest BCUT2D eigenvalue weighted by Gasteiger charge is 2.25. The summed E-state index contributed by atoms with van der Waals surface area (Å²) in [5, 5.41) is 2.48. The molecule has 1 heteroatoms. The summed E-state index contributed by atoms with van der Waals surface area (Å²) in [7, 11) is 0. The van der Waals surface area contributed by atoms with Gasteiger partial charge < -0.3 is 0 Å². The maximum absolute atomic E-state index is 4.82. The van der Waals surface area contributed by atoms with Crippen molar-refractivity contribution in [2.45, 2.75) is 20.3 Å². The van der Waals surface area contributed by atoms with Crippen LogP contribution in [0.1, 0.15) is 22.3 Å². The van der Waals surface area contributed by atoms with Crippen molar-refractivity contribution in [2.24, 2.45) is 0 Å². The van der Waals surface area contributed by atoms with E-state index >= 15 is 0 Å². The molecular formula is C24H19N. The van der Waals surface area contributed by atoms with Crippen molar-refractivity contribution < 1.29 is 0 Å². The van der Waals surface area contributed by atoms with E-state index in [1.807, 2.05) is 6.20 Å². The molecule has 0 fully saturated rings. The second-order valence-electron chi connectivity index (χ2n) is 6.93. The minimum Gasteiger partial charge on any atom is -0.256 e. The summed E-state index contributed by atoms with van der Waals surface area (Å²) >= 11 is 0. The number of hydrogen-bond acceptors (Lipinski definition) is 1. The highest BCUT2D eigenvalue weighted by Crippen LogP contribution is 2.44. The Morgan fingerprint density at radius 3 is 2.56 bits per heavy atom. The molecule has 0 unspecified atom stereocenters. The third-order valence-electron chi connectivity index (χ3n) is 5.54. The van der Waals surface area contributed by atoms with Crippen LogP contribution < -0.4 is 0 Å². The van der Waals surface area contributed by atoms with Crippen molar-refractivity contribution in [3.05, 3.63) is 89.1 Å². The van der Waals surface area contributed by atoms with E-state index in [1.165, 1.54) is 49.7 Å². The molecule has 0 saturated heterocycles. The molecule has 25 heavy (non-hydrogen) atoms. The first-order valence-electron chi connectivity index (χ1n) is 8.79. The Bertz CT molecular complexity index is 1130. The number of pyridine rings is 1. The van der Waals surface area contributed by atoms with Crippen molar-refractivity contribution in [1.29, 1.82) is 0 Å². The number of fused-ring (bicyclic) bond motifs is 4. The van der Waals surface area contributed by atoms with Gasteiger partial charge in [-0.15, -0.1) is 0 Å². The Morgan fingerprint density at radius 2 is 1.64 bits per heavy atom. The van der Waals surface area contributed by atoms with Crippen LogP contribution in [-0.2, 0) is 6.42 Å². The third kappa shape index (κ3) is 2.05. The summed E-state index contributed by atoms with van der Waals surface area (Å²) in [6.07, 6.45) is 2.93. The average molecular weight is 321 g/mol. The fourth-order valence-electron chi connectivity index (χ4n) is 4.16. The van der Waals surface area contributed by atoms with Gasteiger partial charge in [-0.05, 0) is 65.1 Å². The quantitative estimate of drug-likeness (QED) is 0.364. The van der Waals surface area contributed by atoms with Crippen LogP contribution >= 0.6 is 0 Å². The topological polar surface area (TPSA) is 12.9 Å². The molecule has 3 aromatic carbocycles. The molecule has 0 atom stereocenters. The summed E-state index contributed by atoms with van der Waals surface area (Å²) in [6.45, 7) is 4.45. The van der Waals surface area contributed by atoms with E-state index in [-0.39, 0.29) is 0 Å². The lowest BCUT2D eigenvalue weighted by molar-refractivity contribution is 1.21. The van der Waals surface area contributed by atoms with Crippen LogP contribution in [0, 0.1) is 13.8 Å². The molecule has 1 aliphatic carbocycles. The second-order valence-corrected chi connectivity index (χ2v) is 6.93. The van der Waals surface area contributed by atoms with Crippen molar-refractivity contribution >= 4 is 10.8 Å². The first-order valence-corrected chi connectivity index (χ1v) is 8.79. The maximum Gasteiger partial charge on any atom is 0.0786 e. The van der Waals surface area contributed by atoms with Gasteiger partial charge in [-0.1, -0.05) is 54.6 Å². The molecule has 1 aliphatic rings. The van der Waals surface area contributed by atoms with E-state index in [1.54, 1.807) is 0 Å². The van der Waals surface area contributed by atoms with Crippen molar-refractivity contribution in [3.63, 3.8) is 0 Å². The number of nitrogens with zero attached hydrogens (tertiary/aromatic N) is 1. The first kappa shape index (κ1) is 14.4. The zero-order chi connectivity index (χ0) is 17.0. The molecule has 0 saturated carbocycles. The molecule has 5 rings (SSSR count). The maximum atomic E-state index is 4.82. The molecule has 120 valence electrons. The zero-order valence-corrected chi connectivity index (χ0v) is 14.5. The Hall–Kier alpha value is -2.93. The second kappa shape index (κ2) is 5.29. The minimum absolute atomic E-state index is 0.993. The van der Waals surface area contributed by atoms with Crippen LogP contribution in [0.15, 0.2) is 66.9 Å². The number of aryl methyl sites for hydroxylation is 1. The Kier molecular flexibility index (Phi) is 3.05. The fourth-order valence-corrected chi connectivity index (χ4v) is 4.16. The van der Waals surface area contributed by atoms with Crippen molar-refractivity contribution in [2.75, 3.05) is 0 Å². The van der Waals surface area contributed by atoms with Gasteiger partial charge in [0.2, 0.25) is 0 Å². The van der Waals surface area contributed by atoms with Gasteiger partial charge in [0.15, 0.2) is 0 Å². The van der Waals surface area contributed by atoms with E-state index in [9.17, 15) is 0 Å². The smallest absolute Gasteiger partial charge is 0.0786 e. The van der Waals surface area contributed by atoms with Crippen LogP contribution in [0.3, 0.4) is 0 Å². The molecule has 0 bridgehead atoms. The van der Waals surface area contributed by atoms with Crippen LogP contribution in [-0.4, -0.2) is 4.98 Å². The molecule has 0 spiro atoms. The Labute approximate surface area is 148 Å². The summed E-state index contributed by atoms with van der Waals surface area (Å²) in [5.41, 5.74) is 10.7. The number of rotatable bonds is 1. The van der Waals surface area contributed by atoms with Gasteiger partial charge in [-0.3, -0.25) is 4.98 Å². The van der Waals surface area contributed by atoms with Gasteiger partial charge in [-0.25, -0.2) is 0 Å². The first-order chi connectivity index (χ1) is 12.2. The highest BCUT2D eigenvalue weighted by molar-refractivity contribution is 5.98. The van der Waals surface area contributed by atoms with E-state index in [0.717, 1.165) is 12.1 Å². The molecule has 1 aromatic heterocycles. The highest BCUT2D eigenvalue weighted by atomic mass is 14.7. The van der Waals surface area contributed by atoms with E-state index in [2.05, 4.69) is 74.5 Å². The van der Waals surface area contributed by atoms with Gasteiger partial charge >= 0.3 is 0 Å². The molecule has 4 aromatic rings. The van der Waals surface area contributed by atoms with Crippen LogP contribution in [0.5, 0.6) is 0 Å². The largest absolute Gasteiger partial charge is 0.256 e. The van der Waals surface area contributed by atoms with Gasteiger partial charge in [-0.2, -0.15) is 0 Å². The lowest BCUT2D eigenvalue weighted by Gasteiger charge is -2.16. The summed E-state index contributed by atoms with van der Waals surface area (Å²) < 4.78 is 0. The van der Waals surface area contributed by atoms with Gasteiger partial charge in [0, 0.05) is 17.1 Å². The van der Waals surface area contributed by atoms with Crippen LogP contribution in [0.25, 0.3) is 33.2 Å². The molecule has 0 radical (unpaired) electrons. The Balaban J connectivity index is 1.88. The molecule has 0 N–H and O–H groups in total. The van der Waals surface area contributed by atoms with Gasteiger partial charge in [0.1, 0.15) is 0 Å². The van der Waals surface area contributed by atoms with E-state index in [4.69, 9.17) is 4.98 Å². The minimum atomic E-state index is 0.993. The predicted molar refractivity (Wildman–Crippen MR) is 105 cm³/mol. The third-order valence-corrected chi connectivity index (χ3v) is 5.54. The number of hydrogen-bond donors (Lipinski definition) is 0. The van der Waals surface area contributed by atoms with Crippen LogP contribution in [0.4, 0.5) is 0 Å². The zero-order valence-electron chi connectivity index (χ0n) is 14.5. The normalized spacial score (nSPS) is 12.2. The fraction of sp³-hybridized carbons (Fsp3) is 0.125. The Morgan fingerprint density at radius 1 is 0.840 bits per heavy atom. The summed E-state index contributed by atoms with van der Waals surface area (Å²) in [5.74, 6) is 0. The lowest BCUT2D eigenvalue weighted by atomic mass is 9.89. The molecule has 1 nitrogen and oxygen atoms in total. The standard InChI is InChI=1S/C24H19N/c1-15-13-21-19-9-5-4-8-18(19)14-22(21)23(16(15)2)24-20-10-6-3-7-17(20)11-12-25-24/h3-13H,14H2,1-2H3. The van der Waals surface area contributed by atoms with Crippen molar-refractivity contribution in [3.8, 4) is 22.4 Å². The molecule has 0 aliphatic heterocycles. The monoisotopic (exact) mass is 321 g/mol. The van der Waals surface area contributed by atoms with E-state index < -0.39 is 0 Å². The number of benzene rings is 3. The van der Waals surface area contributed by atoms with Gasteiger partial charge in [0.25, 0.3) is 0 Å². The van der Waals surface area contributed by atoms with Crippen LogP contribution in [0.2, 0.25) is 0 Å². The molecule has 1 heterocycles. The van der Waals surface area contributed by atoms with Gasteiger partial charge in [0.05, 0.1) is 5.69 Å². The van der Waals surface area contributed by atoms with E-state index in [0.29, 0.717) is 0 Å². The molecule has 0 amide bonds. The average Bonchev–Trinajstić information content (AvgIpc) is 3.00. The predicted octanol–water partition coefficient (Wildman–Crippen LogP) is 6.09. The summed E-state index contributed by atoms with van der Waals surface area (Å²) in [6, 6.07) is 21.8. The van der Waals surface area contributed by atoms with Crippen molar-refractivity contribution in [1.82, 2.24) is 4.98 Å². The molecular weight excluding hydrogens is 302 g/mol. The lowest BCUT2D eigenvalue weighted by Crippen LogP contribution is -1.97. The summed E-state index contributed by atoms with van der Waals surface area (Å²) in [4.78, 5) is 4.82. The number of aromatic nitrogens is 1. The SMILES string of the molecule is Cc1cc2c(c(-c3nccc4ccccc34)c1C)Cc1ccccc1-2.